The van der Waals surface area contributed by atoms with Crippen molar-refractivity contribution < 1.29 is 9.53 Å². The highest BCUT2D eigenvalue weighted by atomic mass is 32.2. The maximum atomic E-state index is 12.2. The highest BCUT2D eigenvalue weighted by Gasteiger charge is 2.21. The summed E-state index contributed by atoms with van der Waals surface area (Å²) >= 11 is 3.19. The number of aromatic nitrogens is 1. The zero-order valence-electron chi connectivity index (χ0n) is 14.0. The number of hydrogen-bond acceptors (Lipinski definition) is 5. The first kappa shape index (κ1) is 17.5. The first-order chi connectivity index (χ1) is 12.2. The lowest BCUT2D eigenvalue weighted by Gasteiger charge is -2.20. The van der Waals surface area contributed by atoms with Gasteiger partial charge in [0.1, 0.15) is 5.75 Å². The minimum atomic E-state index is -0.0962. The molecule has 128 valence electrons. The molecule has 1 heterocycles. The fourth-order valence-corrected chi connectivity index (χ4v) is 4.16. The van der Waals surface area contributed by atoms with Gasteiger partial charge in [-0.15, -0.1) is 23.1 Å². The molecule has 0 radical (unpaired) electrons. The Balaban J connectivity index is 1.81. The van der Waals surface area contributed by atoms with Gasteiger partial charge >= 0.3 is 0 Å². The third-order valence-corrected chi connectivity index (χ3v) is 5.42. The van der Waals surface area contributed by atoms with E-state index in [9.17, 15) is 4.79 Å². The standard InChI is InChI=1S/C19H18N2O2S2/c1-14(22)21(17-10-6-7-11-18(17)23-2)19-20-15(13-25-19)12-24-16-8-4-3-5-9-16/h3-11,13H,12H2,1-2H3. The molecule has 3 aromatic rings. The second-order valence-electron chi connectivity index (χ2n) is 5.25. The topological polar surface area (TPSA) is 42.4 Å². The minimum Gasteiger partial charge on any atom is -0.495 e. The van der Waals surface area contributed by atoms with Crippen LogP contribution in [0.3, 0.4) is 0 Å². The number of thiazole rings is 1. The minimum absolute atomic E-state index is 0.0962. The summed E-state index contributed by atoms with van der Waals surface area (Å²) in [5.41, 5.74) is 1.66. The molecule has 0 saturated heterocycles. The largest absolute Gasteiger partial charge is 0.495 e. The SMILES string of the molecule is COc1ccccc1N(C(C)=O)c1nc(CSc2ccccc2)cs1. The van der Waals surface area contributed by atoms with Gasteiger partial charge in [-0.25, -0.2) is 4.98 Å². The van der Waals surface area contributed by atoms with Crippen LogP contribution in [-0.2, 0) is 10.5 Å². The molecule has 0 unspecified atom stereocenters. The first-order valence-corrected chi connectivity index (χ1v) is 9.61. The molecule has 0 N–H and O–H groups in total. The van der Waals surface area contributed by atoms with Crippen molar-refractivity contribution in [2.45, 2.75) is 17.6 Å². The van der Waals surface area contributed by atoms with Gasteiger partial charge in [-0.1, -0.05) is 30.3 Å². The van der Waals surface area contributed by atoms with Crippen molar-refractivity contribution in [1.82, 2.24) is 4.98 Å². The molecule has 2 aromatic carbocycles. The Kier molecular flexibility index (Phi) is 5.73. The molecule has 0 bridgehead atoms. The van der Waals surface area contributed by atoms with E-state index in [-0.39, 0.29) is 5.91 Å². The van der Waals surface area contributed by atoms with Gasteiger partial charge in [-0.2, -0.15) is 0 Å². The molecule has 0 aliphatic carbocycles. The number of para-hydroxylation sites is 2. The third kappa shape index (κ3) is 4.21. The van der Waals surface area contributed by atoms with Crippen molar-refractivity contribution >= 4 is 39.8 Å². The Bertz CT molecular complexity index is 849. The van der Waals surface area contributed by atoms with E-state index in [1.807, 2.05) is 47.8 Å². The summed E-state index contributed by atoms with van der Waals surface area (Å²) in [7, 11) is 1.60. The number of rotatable bonds is 6. The molecule has 0 saturated carbocycles. The maximum Gasteiger partial charge on any atom is 0.230 e. The lowest BCUT2D eigenvalue weighted by molar-refractivity contribution is -0.115. The molecule has 0 aliphatic rings. The van der Waals surface area contributed by atoms with Crippen LogP contribution in [0, 0.1) is 0 Å². The second-order valence-corrected chi connectivity index (χ2v) is 7.13. The molecular formula is C19H18N2O2S2. The Morgan fingerprint density at radius 1 is 1.16 bits per heavy atom. The lowest BCUT2D eigenvalue weighted by atomic mass is 10.2. The summed E-state index contributed by atoms with van der Waals surface area (Å²) in [4.78, 5) is 19.7. The van der Waals surface area contributed by atoms with Crippen LogP contribution in [0.25, 0.3) is 0 Å². The number of carbonyl (C=O) groups excluding carboxylic acids is 1. The van der Waals surface area contributed by atoms with Crippen molar-refractivity contribution in [2.24, 2.45) is 0 Å². The van der Waals surface area contributed by atoms with Gasteiger partial charge in [0.2, 0.25) is 5.91 Å². The second kappa shape index (κ2) is 8.18. The quantitative estimate of drug-likeness (QED) is 0.564. The van der Waals surface area contributed by atoms with E-state index >= 15 is 0 Å². The van der Waals surface area contributed by atoms with Gasteiger partial charge < -0.3 is 4.74 Å². The normalized spacial score (nSPS) is 10.5. The zero-order valence-corrected chi connectivity index (χ0v) is 15.6. The third-order valence-electron chi connectivity index (χ3n) is 3.50. The van der Waals surface area contributed by atoms with Crippen LogP contribution in [0.5, 0.6) is 5.75 Å². The van der Waals surface area contributed by atoms with Crippen molar-refractivity contribution in [3.63, 3.8) is 0 Å². The predicted molar refractivity (Wildman–Crippen MR) is 104 cm³/mol. The van der Waals surface area contributed by atoms with Crippen LogP contribution in [0.2, 0.25) is 0 Å². The van der Waals surface area contributed by atoms with Gasteiger partial charge in [0, 0.05) is 23.0 Å². The van der Waals surface area contributed by atoms with Crippen LogP contribution in [0.4, 0.5) is 10.8 Å². The van der Waals surface area contributed by atoms with Crippen molar-refractivity contribution in [1.29, 1.82) is 0 Å². The highest BCUT2D eigenvalue weighted by Crippen LogP contribution is 2.36. The summed E-state index contributed by atoms with van der Waals surface area (Å²) in [6.07, 6.45) is 0. The van der Waals surface area contributed by atoms with E-state index in [0.717, 1.165) is 11.4 Å². The maximum absolute atomic E-state index is 12.2. The molecule has 3 rings (SSSR count). The number of ether oxygens (including phenoxy) is 1. The Morgan fingerprint density at radius 2 is 1.88 bits per heavy atom. The van der Waals surface area contributed by atoms with Crippen molar-refractivity contribution in [3.8, 4) is 5.75 Å². The molecule has 0 aliphatic heterocycles. The molecule has 1 aromatic heterocycles. The molecule has 6 heteroatoms. The molecule has 0 atom stereocenters. The van der Waals surface area contributed by atoms with E-state index in [4.69, 9.17) is 4.74 Å². The lowest BCUT2D eigenvalue weighted by Crippen LogP contribution is -2.23. The van der Waals surface area contributed by atoms with Gasteiger partial charge in [0.05, 0.1) is 18.5 Å². The molecule has 0 fully saturated rings. The average molecular weight is 370 g/mol. The Hall–Kier alpha value is -2.31. The van der Waals surface area contributed by atoms with E-state index in [1.54, 1.807) is 23.8 Å². The number of benzene rings is 2. The molecule has 1 amide bonds. The van der Waals surface area contributed by atoms with E-state index < -0.39 is 0 Å². The van der Waals surface area contributed by atoms with Gasteiger partial charge in [0.25, 0.3) is 0 Å². The summed E-state index contributed by atoms with van der Waals surface area (Å²) < 4.78 is 5.39. The molecule has 0 spiro atoms. The van der Waals surface area contributed by atoms with E-state index in [1.165, 1.54) is 23.2 Å². The summed E-state index contributed by atoms with van der Waals surface area (Å²) in [6, 6.07) is 17.7. The number of amides is 1. The molecular weight excluding hydrogens is 352 g/mol. The van der Waals surface area contributed by atoms with Crippen LogP contribution in [0.1, 0.15) is 12.6 Å². The number of anilines is 2. The van der Waals surface area contributed by atoms with Crippen LogP contribution < -0.4 is 9.64 Å². The number of hydrogen-bond donors (Lipinski definition) is 0. The number of carbonyl (C=O) groups is 1. The average Bonchev–Trinajstić information content (AvgIpc) is 3.09. The van der Waals surface area contributed by atoms with Crippen LogP contribution >= 0.6 is 23.1 Å². The van der Waals surface area contributed by atoms with E-state index in [0.29, 0.717) is 16.6 Å². The summed E-state index contributed by atoms with van der Waals surface area (Å²) in [5.74, 6) is 1.31. The monoisotopic (exact) mass is 370 g/mol. The highest BCUT2D eigenvalue weighted by molar-refractivity contribution is 7.98. The number of thioether (sulfide) groups is 1. The van der Waals surface area contributed by atoms with Crippen molar-refractivity contribution in [3.05, 3.63) is 65.7 Å². The molecule has 4 nitrogen and oxygen atoms in total. The summed E-state index contributed by atoms with van der Waals surface area (Å²) in [5, 5.41) is 2.65. The molecule has 25 heavy (non-hydrogen) atoms. The fourth-order valence-electron chi connectivity index (χ4n) is 2.36. The Labute approximate surface area is 155 Å². The Morgan fingerprint density at radius 3 is 2.60 bits per heavy atom. The van der Waals surface area contributed by atoms with Crippen molar-refractivity contribution in [2.75, 3.05) is 12.0 Å². The summed E-state index contributed by atoms with van der Waals surface area (Å²) in [6.45, 7) is 1.53. The van der Waals surface area contributed by atoms with Crippen LogP contribution in [-0.4, -0.2) is 18.0 Å². The van der Waals surface area contributed by atoms with Crippen LogP contribution in [0.15, 0.2) is 64.9 Å². The van der Waals surface area contributed by atoms with Gasteiger partial charge in [0.15, 0.2) is 5.13 Å². The van der Waals surface area contributed by atoms with Gasteiger partial charge in [-0.3, -0.25) is 9.69 Å². The predicted octanol–water partition coefficient (Wildman–Crippen LogP) is 5.13. The van der Waals surface area contributed by atoms with E-state index in [2.05, 4.69) is 17.1 Å². The number of nitrogens with zero attached hydrogens (tertiary/aromatic N) is 2. The number of methoxy groups -OCH3 is 1. The van der Waals surface area contributed by atoms with Gasteiger partial charge in [-0.05, 0) is 24.3 Å². The smallest absolute Gasteiger partial charge is 0.230 e. The fraction of sp³-hybridized carbons (Fsp3) is 0.158. The zero-order chi connectivity index (χ0) is 17.6. The first-order valence-electron chi connectivity index (χ1n) is 7.75.